The fourth-order valence-corrected chi connectivity index (χ4v) is 3.83. The van der Waals surface area contributed by atoms with Gasteiger partial charge in [-0.1, -0.05) is 29.3 Å². The van der Waals surface area contributed by atoms with Crippen molar-refractivity contribution in [2.24, 2.45) is 0 Å². The van der Waals surface area contributed by atoms with Crippen molar-refractivity contribution in [3.8, 4) is 11.5 Å². The summed E-state index contributed by atoms with van der Waals surface area (Å²) in [6, 6.07) is 10.5. The van der Waals surface area contributed by atoms with E-state index in [2.05, 4.69) is 49.1 Å². The fraction of sp³-hybridized carbons (Fsp3) is 0.455. The number of hydrogen-bond donors (Lipinski definition) is 1. The van der Waals surface area contributed by atoms with Crippen molar-refractivity contribution in [2.75, 3.05) is 33.9 Å². The highest BCUT2D eigenvalue weighted by molar-refractivity contribution is 5.48. The summed E-state index contributed by atoms with van der Waals surface area (Å²) in [5.74, 6) is 1.57. The van der Waals surface area contributed by atoms with E-state index in [1.807, 2.05) is 0 Å². The lowest BCUT2D eigenvalue weighted by atomic mass is 10.0. The molecule has 4 heteroatoms. The standard InChI is InChI=1S/C22H29NO3/c1-15-9-16(2)11-19(10-15)20(24)14-23-7-5-17-12-21(25-3)22(26-4)13-18(17)6-8-23/h9-13,20,24H,5-8,14H2,1-4H3. The van der Waals surface area contributed by atoms with Gasteiger partial charge in [-0.25, -0.2) is 0 Å². The van der Waals surface area contributed by atoms with Crippen molar-refractivity contribution in [1.29, 1.82) is 0 Å². The number of nitrogens with zero attached hydrogens (tertiary/aromatic N) is 1. The SMILES string of the molecule is COc1cc2c(cc1OC)CCN(CC(O)c1cc(C)cc(C)c1)CC2. The summed E-state index contributed by atoms with van der Waals surface area (Å²) in [6.07, 6.45) is 1.45. The number of ether oxygens (including phenoxy) is 2. The summed E-state index contributed by atoms with van der Waals surface area (Å²) >= 11 is 0. The molecule has 3 rings (SSSR count). The van der Waals surface area contributed by atoms with Gasteiger partial charge in [-0.3, -0.25) is 4.90 Å². The zero-order chi connectivity index (χ0) is 18.7. The molecule has 0 saturated heterocycles. The lowest BCUT2D eigenvalue weighted by molar-refractivity contribution is 0.115. The highest BCUT2D eigenvalue weighted by Crippen LogP contribution is 2.32. The Kier molecular flexibility index (Phi) is 5.84. The van der Waals surface area contributed by atoms with E-state index >= 15 is 0 Å². The molecule has 0 spiro atoms. The van der Waals surface area contributed by atoms with Crippen molar-refractivity contribution in [2.45, 2.75) is 32.8 Å². The Labute approximate surface area is 156 Å². The van der Waals surface area contributed by atoms with Crippen molar-refractivity contribution in [3.05, 3.63) is 58.1 Å². The first-order valence-corrected chi connectivity index (χ1v) is 9.22. The summed E-state index contributed by atoms with van der Waals surface area (Å²) in [6.45, 7) is 6.68. The van der Waals surface area contributed by atoms with Crippen LogP contribution in [0.2, 0.25) is 0 Å². The third-order valence-electron chi connectivity index (χ3n) is 5.16. The molecular formula is C22H29NO3. The fourth-order valence-electron chi connectivity index (χ4n) is 3.83. The Bertz CT molecular complexity index is 717. The van der Waals surface area contributed by atoms with Crippen molar-refractivity contribution in [1.82, 2.24) is 4.90 Å². The molecule has 1 aliphatic rings. The minimum atomic E-state index is -0.459. The molecule has 140 valence electrons. The highest BCUT2D eigenvalue weighted by atomic mass is 16.5. The van der Waals surface area contributed by atoms with Gasteiger partial charge in [-0.15, -0.1) is 0 Å². The van der Waals surface area contributed by atoms with Gasteiger partial charge in [0.25, 0.3) is 0 Å². The van der Waals surface area contributed by atoms with Gasteiger partial charge in [0.05, 0.1) is 20.3 Å². The molecule has 0 saturated carbocycles. The molecule has 1 aliphatic heterocycles. The first-order valence-electron chi connectivity index (χ1n) is 9.22. The highest BCUT2D eigenvalue weighted by Gasteiger charge is 2.20. The van der Waals surface area contributed by atoms with Gasteiger partial charge in [0, 0.05) is 19.6 Å². The number of aliphatic hydroxyl groups excluding tert-OH is 1. The second kappa shape index (κ2) is 8.11. The molecule has 0 radical (unpaired) electrons. The lowest BCUT2D eigenvalue weighted by Crippen LogP contribution is -2.31. The van der Waals surface area contributed by atoms with E-state index in [0.717, 1.165) is 43.0 Å². The number of rotatable bonds is 5. The van der Waals surface area contributed by atoms with Crippen LogP contribution in [0, 0.1) is 13.8 Å². The van der Waals surface area contributed by atoms with Gasteiger partial charge in [-0.2, -0.15) is 0 Å². The maximum atomic E-state index is 10.7. The van der Waals surface area contributed by atoms with E-state index in [-0.39, 0.29) is 0 Å². The molecule has 4 nitrogen and oxygen atoms in total. The number of aliphatic hydroxyl groups is 1. The summed E-state index contributed by atoms with van der Waals surface area (Å²) in [4.78, 5) is 2.35. The van der Waals surface area contributed by atoms with E-state index < -0.39 is 6.10 Å². The number of fused-ring (bicyclic) bond motifs is 1. The quantitative estimate of drug-likeness (QED) is 0.892. The molecule has 1 heterocycles. The van der Waals surface area contributed by atoms with Crippen LogP contribution in [0.3, 0.4) is 0 Å². The third kappa shape index (κ3) is 4.19. The second-order valence-corrected chi connectivity index (χ2v) is 7.21. The van der Waals surface area contributed by atoms with Crippen LogP contribution < -0.4 is 9.47 Å². The summed E-state index contributed by atoms with van der Waals surface area (Å²) < 4.78 is 10.9. The van der Waals surface area contributed by atoms with Crippen LogP contribution in [0.15, 0.2) is 30.3 Å². The number of aryl methyl sites for hydroxylation is 2. The van der Waals surface area contributed by atoms with Gasteiger partial charge < -0.3 is 14.6 Å². The van der Waals surface area contributed by atoms with Crippen LogP contribution in [-0.2, 0) is 12.8 Å². The van der Waals surface area contributed by atoms with E-state index in [1.54, 1.807) is 14.2 Å². The van der Waals surface area contributed by atoms with Crippen LogP contribution in [0.4, 0.5) is 0 Å². The molecule has 1 unspecified atom stereocenters. The Morgan fingerprint density at radius 1 is 0.885 bits per heavy atom. The molecule has 2 aromatic carbocycles. The van der Waals surface area contributed by atoms with E-state index in [1.165, 1.54) is 22.3 Å². The molecule has 0 bridgehead atoms. The van der Waals surface area contributed by atoms with Crippen LogP contribution in [0.25, 0.3) is 0 Å². The van der Waals surface area contributed by atoms with Crippen molar-refractivity contribution >= 4 is 0 Å². The number of hydrogen-bond acceptors (Lipinski definition) is 4. The van der Waals surface area contributed by atoms with Crippen LogP contribution in [0.5, 0.6) is 11.5 Å². The minimum absolute atomic E-state index is 0.459. The average molecular weight is 355 g/mol. The topological polar surface area (TPSA) is 41.9 Å². The van der Waals surface area contributed by atoms with E-state index in [4.69, 9.17) is 9.47 Å². The molecule has 1 atom stereocenters. The van der Waals surface area contributed by atoms with Gasteiger partial charge in [-0.05, 0) is 55.5 Å². The zero-order valence-electron chi connectivity index (χ0n) is 16.2. The summed E-state index contributed by atoms with van der Waals surface area (Å²) in [7, 11) is 3.35. The molecular weight excluding hydrogens is 326 g/mol. The van der Waals surface area contributed by atoms with Gasteiger partial charge in [0.15, 0.2) is 11.5 Å². The molecule has 1 N–H and O–H groups in total. The average Bonchev–Trinajstić information content (AvgIpc) is 2.81. The van der Waals surface area contributed by atoms with Crippen LogP contribution >= 0.6 is 0 Å². The first-order chi connectivity index (χ1) is 12.5. The smallest absolute Gasteiger partial charge is 0.161 e. The van der Waals surface area contributed by atoms with Gasteiger partial charge in [0.2, 0.25) is 0 Å². The van der Waals surface area contributed by atoms with Crippen LogP contribution in [-0.4, -0.2) is 43.9 Å². The second-order valence-electron chi connectivity index (χ2n) is 7.21. The predicted octanol–water partition coefficient (Wildman–Crippen LogP) is 3.45. The number of β-amino-alcohol motifs (C(OH)–C–C–N with tert-alkyl or cyclic N) is 1. The third-order valence-corrected chi connectivity index (χ3v) is 5.16. The number of benzene rings is 2. The minimum Gasteiger partial charge on any atom is -0.493 e. The Morgan fingerprint density at radius 2 is 1.38 bits per heavy atom. The zero-order valence-corrected chi connectivity index (χ0v) is 16.2. The maximum Gasteiger partial charge on any atom is 0.161 e. The normalized spacial score (nSPS) is 15.9. The summed E-state index contributed by atoms with van der Waals surface area (Å²) in [5.41, 5.74) is 6.02. The Morgan fingerprint density at radius 3 is 1.85 bits per heavy atom. The van der Waals surface area contributed by atoms with E-state index in [9.17, 15) is 5.11 Å². The largest absolute Gasteiger partial charge is 0.493 e. The van der Waals surface area contributed by atoms with Crippen molar-refractivity contribution in [3.63, 3.8) is 0 Å². The molecule has 26 heavy (non-hydrogen) atoms. The summed E-state index contributed by atoms with van der Waals surface area (Å²) in [5, 5.41) is 10.7. The molecule has 0 amide bonds. The monoisotopic (exact) mass is 355 g/mol. The van der Waals surface area contributed by atoms with Crippen LogP contribution in [0.1, 0.15) is 33.9 Å². The Balaban J connectivity index is 1.70. The van der Waals surface area contributed by atoms with E-state index in [0.29, 0.717) is 6.54 Å². The molecule has 0 fully saturated rings. The number of methoxy groups -OCH3 is 2. The molecule has 2 aromatic rings. The van der Waals surface area contributed by atoms with Gasteiger partial charge >= 0.3 is 0 Å². The Hall–Kier alpha value is -2.04. The van der Waals surface area contributed by atoms with Gasteiger partial charge in [0.1, 0.15) is 0 Å². The first kappa shape index (κ1) is 18.7. The van der Waals surface area contributed by atoms with Crippen molar-refractivity contribution < 1.29 is 14.6 Å². The molecule has 0 aliphatic carbocycles. The predicted molar refractivity (Wildman–Crippen MR) is 104 cm³/mol. The maximum absolute atomic E-state index is 10.7. The lowest BCUT2D eigenvalue weighted by Gasteiger charge is -2.23. The molecule has 0 aromatic heterocycles.